The van der Waals surface area contributed by atoms with Gasteiger partial charge in [0.15, 0.2) is 0 Å². The number of hydrogen-bond donors (Lipinski definition) is 1. The molecule has 7 nitrogen and oxygen atoms in total. The first-order valence-electron chi connectivity index (χ1n) is 12.3. The summed E-state index contributed by atoms with van der Waals surface area (Å²) in [4.78, 5) is 27.8. The zero-order chi connectivity index (χ0) is 27.9. The largest absolute Gasteiger partial charge is 0.352 e. The van der Waals surface area contributed by atoms with Crippen LogP contribution in [-0.4, -0.2) is 50.0 Å². The van der Waals surface area contributed by atoms with Crippen LogP contribution in [0, 0.1) is 13.8 Å². The number of halogens is 2. The molecule has 2 aromatic carbocycles. The predicted molar refractivity (Wildman–Crippen MR) is 152 cm³/mol. The van der Waals surface area contributed by atoms with Crippen LogP contribution in [0.2, 0.25) is 10.0 Å². The number of nitrogens with one attached hydrogen (secondary N) is 1. The maximum absolute atomic E-state index is 13.4. The van der Waals surface area contributed by atoms with Crippen LogP contribution in [0.25, 0.3) is 0 Å². The SMILES string of the molecule is CCC(C)NC(=O)C(C)N(Cc1ccc(Cl)c(Cl)c1)C(=O)CCCN(c1cc(C)ccc1C)S(C)(=O)=O. The van der Waals surface area contributed by atoms with Crippen LogP contribution in [0.15, 0.2) is 36.4 Å². The topological polar surface area (TPSA) is 86.8 Å². The van der Waals surface area contributed by atoms with E-state index in [0.717, 1.165) is 29.4 Å². The van der Waals surface area contributed by atoms with Crippen molar-refractivity contribution in [2.45, 2.75) is 72.5 Å². The lowest BCUT2D eigenvalue weighted by atomic mass is 10.1. The Labute approximate surface area is 231 Å². The minimum atomic E-state index is -3.56. The minimum absolute atomic E-state index is 0.0298. The fourth-order valence-electron chi connectivity index (χ4n) is 3.85. The number of nitrogens with zero attached hydrogens (tertiary/aromatic N) is 2. The Morgan fingerprint density at radius 3 is 2.30 bits per heavy atom. The number of carbonyl (C=O) groups is 2. The molecular weight excluding hydrogens is 533 g/mol. The highest BCUT2D eigenvalue weighted by Crippen LogP contribution is 2.26. The van der Waals surface area contributed by atoms with Crippen LogP contribution < -0.4 is 9.62 Å². The number of amides is 2. The van der Waals surface area contributed by atoms with Gasteiger partial charge in [0, 0.05) is 25.6 Å². The fraction of sp³-hybridized carbons (Fsp3) is 0.481. The van der Waals surface area contributed by atoms with Crippen molar-refractivity contribution < 1.29 is 18.0 Å². The van der Waals surface area contributed by atoms with Crippen molar-refractivity contribution in [3.63, 3.8) is 0 Å². The molecule has 0 aliphatic heterocycles. The molecule has 0 aromatic heterocycles. The van der Waals surface area contributed by atoms with Crippen LogP contribution >= 0.6 is 23.2 Å². The van der Waals surface area contributed by atoms with E-state index in [1.807, 2.05) is 45.9 Å². The molecule has 0 bridgehead atoms. The molecule has 0 spiro atoms. The first-order valence-corrected chi connectivity index (χ1v) is 14.9. The number of aryl methyl sites for hydroxylation is 2. The molecule has 0 saturated heterocycles. The highest BCUT2D eigenvalue weighted by Gasteiger charge is 2.27. The predicted octanol–water partition coefficient (Wildman–Crippen LogP) is 5.49. The summed E-state index contributed by atoms with van der Waals surface area (Å²) in [6.07, 6.45) is 2.28. The van der Waals surface area contributed by atoms with E-state index in [0.29, 0.717) is 15.7 Å². The third-order valence-corrected chi connectivity index (χ3v) is 8.21. The quantitative estimate of drug-likeness (QED) is 0.366. The van der Waals surface area contributed by atoms with Crippen molar-refractivity contribution in [2.75, 3.05) is 17.1 Å². The lowest BCUT2D eigenvalue weighted by molar-refractivity contribution is -0.140. The van der Waals surface area contributed by atoms with E-state index in [-0.39, 0.29) is 43.8 Å². The fourth-order valence-corrected chi connectivity index (χ4v) is 5.19. The molecule has 2 rings (SSSR count). The molecule has 0 aliphatic carbocycles. The van der Waals surface area contributed by atoms with Gasteiger partial charge in [-0.25, -0.2) is 8.42 Å². The molecule has 0 heterocycles. The van der Waals surface area contributed by atoms with Crippen molar-refractivity contribution in [2.24, 2.45) is 0 Å². The summed E-state index contributed by atoms with van der Waals surface area (Å²) in [5, 5.41) is 3.69. The van der Waals surface area contributed by atoms with Gasteiger partial charge in [-0.1, -0.05) is 48.3 Å². The normalized spacial score (nSPS) is 13.1. The molecule has 0 fully saturated rings. The number of benzene rings is 2. The molecule has 2 unspecified atom stereocenters. The van der Waals surface area contributed by atoms with Gasteiger partial charge in [-0.05, 0) is 75.4 Å². The summed E-state index contributed by atoms with van der Waals surface area (Å²) in [7, 11) is -3.56. The summed E-state index contributed by atoms with van der Waals surface area (Å²) in [5.41, 5.74) is 3.11. The van der Waals surface area contributed by atoms with Gasteiger partial charge in [0.1, 0.15) is 6.04 Å². The van der Waals surface area contributed by atoms with Gasteiger partial charge in [0.2, 0.25) is 21.8 Å². The maximum atomic E-state index is 13.4. The second-order valence-electron chi connectivity index (χ2n) is 9.49. The highest BCUT2D eigenvalue weighted by atomic mass is 35.5. The van der Waals surface area contributed by atoms with Crippen LogP contribution in [0.1, 0.15) is 56.7 Å². The smallest absolute Gasteiger partial charge is 0.242 e. The number of anilines is 1. The molecule has 0 radical (unpaired) electrons. The van der Waals surface area contributed by atoms with Crippen molar-refractivity contribution in [1.82, 2.24) is 10.2 Å². The van der Waals surface area contributed by atoms with Gasteiger partial charge in [-0.3, -0.25) is 13.9 Å². The maximum Gasteiger partial charge on any atom is 0.242 e. The summed E-state index contributed by atoms with van der Waals surface area (Å²) in [6, 6.07) is 9.96. The summed E-state index contributed by atoms with van der Waals surface area (Å²) < 4.78 is 26.5. The van der Waals surface area contributed by atoms with E-state index in [9.17, 15) is 18.0 Å². The number of rotatable bonds is 12. The van der Waals surface area contributed by atoms with Gasteiger partial charge < -0.3 is 10.2 Å². The number of carbonyl (C=O) groups excluding carboxylic acids is 2. The Balaban J connectivity index is 2.24. The first-order chi connectivity index (χ1) is 17.2. The van der Waals surface area contributed by atoms with Crippen molar-refractivity contribution in [1.29, 1.82) is 0 Å². The van der Waals surface area contributed by atoms with E-state index >= 15 is 0 Å². The van der Waals surface area contributed by atoms with Crippen LogP contribution in [0.3, 0.4) is 0 Å². The van der Waals surface area contributed by atoms with E-state index in [4.69, 9.17) is 23.2 Å². The second kappa shape index (κ2) is 13.5. The average molecular weight is 571 g/mol. The third-order valence-electron chi connectivity index (χ3n) is 6.29. The zero-order valence-electron chi connectivity index (χ0n) is 22.3. The van der Waals surface area contributed by atoms with E-state index < -0.39 is 16.1 Å². The van der Waals surface area contributed by atoms with Gasteiger partial charge in [-0.2, -0.15) is 0 Å². The molecular formula is C27H37Cl2N3O4S. The molecule has 10 heteroatoms. The Morgan fingerprint density at radius 1 is 1.03 bits per heavy atom. The van der Waals surface area contributed by atoms with Gasteiger partial charge in [-0.15, -0.1) is 0 Å². The highest BCUT2D eigenvalue weighted by molar-refractivity contribution is 7.92. The molecule has 37 heavy (non-hydrogen) atoms. The molecule has 2 atom stereocenters. The van der Waals surface area contributed by atoms with Gasteiger partial charge in [0.25, 0.3) is 0 Å². The summed E-state index contributed by atoms with van der Waals surface area (Å²) >= 11 is 12.2. The van der Waals surface area contributed by atoms with E-state index in [1.54, 1.807) is 25.1 Å². The molecule has 2 aromatic rings. The third kappa shape index (κ3) is 8.90. The standard InChI is InChI=1S/C27H37Cl2N3O4S/c1-7-20(4)30-27(34)21(5)31(17-22-12-13-23(28)24(29)16-22)26(33)9-8-14-32(37(6,35)36)25-15-18(2)10-11-19(25)3/h10-13,15-16,20-21H,7-9,14,17H2,1-6H3,(H,30,34). The number of hydrogen-bond acceptors (Lipinski definition) is 4. The summed E-state index contributed by atoms with van der Waals surface area (Å²) in [5.74, 6) is -0.511. The minimum Gasteiger partial charge on any atom is -0.352 e. The Kier molecular flexibility index (Phi) is 11.3. The van der Waals surface area contributed by atoms with E-state index in [1.165, 1.54) is 9.21 Å². The van der Waals surface area contributed by atoms with Crippen molar-refractivity contribution >= 4 is 50.7 Å². The van der Waals surface area contributed by atoms with E-state index in [2.05, 4.69) is 5.32 Å². The Bertz CT molecular complexity index is 1220. The zero-order valence-corrected chi connectivity index (χ0v) is 24.7. The Hall–Kier alpha value is -2.29. The summed E-state index contributed by atoms with van der Waals surface area (Å²) in [6.45, 7) is 9.63. The average Bonchev–Trinajstić information content (AvgIpc) is 2.82. The molecule has 0 aliphatic rings. The van der Waals surface area contributed by atoms with Crippen molar-refractivity contribution in [3.05, 3.63) is 63.1 Å². The van der Waals surface area contributed by atoms with Gasteiger partial charge >= 0.3 is 0 Å². The van der Waals surface area contributed by atoms with Gasteiger partial charge in [0.05, 0.1) is 22.0 Å². The molecule has 204 valence electrons. The lowest BCUT2D eigenvalue weighted by Gasteiger charge is -2.30. The van der Waals surface area contributed by atoms with Crippen LogP contribution in [0.4, 0.5) is 5.69 Å². The monoisotopic (exact) mass is 569 g/mol. The molecule has 1 N–H and O–H groups in total. The molecule has 0 saturated carbocycles. The first kappa shape index (κ1) is 30.9. The molecule has 2 amide bonds. The lowest BCUT2D eigenvalue weighted by Crippen LogP contribution is -2.49. The second-order valence-corrected chi connectivity index (χ2v) is 12.2. The Morgan fingerprint density at radius 2 is 1.70 bits per heavy atom. The van der Waals surface area contributed by atoms with Crippen LogP contribution in [0.5, 0.6) is 0 Å². The van der Waals surface area contributed by atoms with Crippen LogP contribution in [-0.2, 0) is 26.2 Å². The van der Waals surface area contributed by atoms with Crippen molar-refractivity contribution in [3.8, 4) is 0 Å². The number of sulfonamides is 1.